The Morgan fingerprint density at radius 2 is 2.24 bits per heavy atom. The van der Waals surface area contributed by atoms with Crippen LogP contribution in [0.25, 0.3) is 11.3 Å². The van der Waals surface area contributed by atoms with Gasteiger partial charge in [0, 0.05) is 5.56 Å². The van der Waals surface area contributed by atoms with Crippen molar-refractivity contribution in [3.63, 3.8) is 0 Å². The Hall–Kier alpha value is -2.30. The molecule has 1 heterocycles. The topological polar surface area (TPSA) is 72.6 Å². The van der Waals surface area contributed by atoms with Gasteiger partial charge in [-0.3, -0.25) is 0 Å². The first kappa shape index (κ1) is 11.2. The number of hydrogen-bond acceptors (Lipinski definition) is 4. The number of carboxylic acids is 1. The van der Waals surface area contributed by atoms with Crippen LogP contribution in [0.3, 0.4) is 0 Å². The van der Waals surface area contributed by atoms with Crippen LogP contribution in [0, 0.1) is 6.92 Å². The number of hydrogen-bond donors (Lipinski definition) is 1. The average molecular weight is 233 g/mol. The van der Waals surface area contributed by atoms with Crippen molar-refractivity contribution in [2.24, 2.45) is 0 Å². The fourth-order valence-corrected chi connectivity index (χ4v) is 1.61. The second kappa shape index (κ2) is 4.29. The molecule has 0 unspecified atom stereocenters. The number of carboxylic acid groups (broad SMARTS) is 1. The minimum Gasteiger partial charge on any atom is -0.496 e. The Morgan fingerprint density at radius 1 is 1.47 bits per heavy atom. The van der Waals surface area contributed by atoms with Gasteiger partial charge in [-0.25, -0.2) is 9.78 Å². The molecule has 1 aromatic heterocycles. The molecule has 0 amide bonds. The normalized spacial score (nSPS) is 10.2. The lowest BCUT2D eigenvalue weighted by Gasteiger charge is -2.06. The van der Waals surface area contributed by atoms with Gasteiger partial charge in [0.05, 0.1) is 7.11 Å². The lowest BCUT2D eigenvalue weighted by molar-refractivity contribution is 0.0693. The number of nitrogens with zero attached hydrogens (tertiary/aromatic N) is 1. The van der Waals surface area contributed by atoms with Gasteiger partial charge in [0.25, 0.3) is 0 Å². The van der Waals surface area contributed by atoms with Gasteiger partial charge in [-0.15, -0.1) is 0 Å². The van der Waals surface area contributed by atoms with Crippen LogP contribution in [0.4, 0.5) is 0 Å². The van der Waals surface area contributed by atoms with Crippen LogP contribution < -0.4 is 4.74 Å². The summed E-state index contributed by atoms with van der Waals surface area (Å²) in [5, 5.41) is 9.06. The number of aromatic carboxylic acids is 1. The highest BCUT2D eigenvalue weighted by Gasteiger charge is 2.14. The van der Waals surface area contributed by atoms with Crippen molar-refractivity contribution in [3.8, 4) is 17.0 Å². The summed E-state index contributed by atoms with van der Waals surface area (Å²) in [5.74, 6) is -0.0706. The van der Waals surface area contributed by atoms with E-state index >= 15 is 0 Å². The van der Waals surface area contributed by atoms with Crippen LogP contribution in [0.1, 0.15) is 16.1 Å². The Morgan fingerprint density at radius 3 is 2.76 bits per heavy atom. The molecular formula is C12H11NO4. The molecule has 0 aliphatic carbocycles. The van der Waals surface area contributed by atoms with E-state index in [1.54, 1.807) is 19.1 Å². The van der Waals surface area contributed by atoms with Gasteiger partial charge in [-0.2, -0.15) is 0 Å². The molecule has 0 atom stereocenters. The predicted molar refractivity (Wildman–Crippen MR) is 60.2 cm³/mol. The Balaban J connectivity index is 2.55. The third kappa shape index (κ3) is 1.99. The number of benzene rings is 1. The Kier molecular flexibility index (Phi) is 2.82. The maximum Gasteiger partial charge on any atom is 0.339 e. The molecule has 0 aliphatic heterocycles. The van der Waals surface area contributed by atoms with E-state index in [0.29, 0.717) is 22.8 Å². The summed E-state index contributed by atoms with van der Waals surface area (Å²) in [5.41, 5.74) is 1.43. The van der Waals surface area contributed by atoms with Crippen molar-refractivity contribution >= 4 is 5.97 Å². The third-order valence-electron chi connectivity index (χ3n) is 2.45. The van der Waals surface area contributed by atoms with Gasteiger partial charge in [0.15, 0.2) is 6.39 Å². The van der Waals surface area contributed by atoms with Gasteiger partial charge in [-0.05, 0) is 25.1 Å². The first-order valence-corrected chi connectivity index (χ1v) is 4.95. The highest BCUT2D eigenvalue weighted by molar-refractivity contribution is 5.92. The zero-order valence-electron chi connectivity index (χ0n) is 9.43. The van der Waals surface area contributed by atoms with Gasteiger partial charge in [0.1, 0.15) is 22.8 Å². The van der Waals surface area contributed by atoms with E-state index in [2.05, 4.69) is 4.98 Å². The molecule has 88 valence electrons. The van der Waals surface area contributed by atoms with Crippen LogP contribution in [-0.2, 0) is 0 Å². The largest absolute Gasteiger partial charge is 0.496 e. The summed E-state index contributed by atoms with van der Waals surface area (Å²) < 4.78 is 10.1. The molecule has 0 bridgehead atoms. The van der Waals surface area contributed by atoms with Crippen molar-refractivity contribution in [1.82, 2.24) is 4.98 Å². The van der Waals surface area contributed by atoms with E-state index in [1.807, 2.05) is 0 Å². The van der Waals surface area contributed by atoms with Gasteiger partial charge in [-0.1, -0.05) is 0 Å². The van der Waals surface area contributed by atoms with E-state index < -0.39 is 5.97 Å². The van der Waals surface area contributed by atoms with E-state index in [1.165, 1.54) is 19.6 Å². The fraction of sp³-hybridized carbons (Fsp3) is 0.167. The van der Waals surface area contributed by atoms with Gasteiger partial charge < -0.3 is 14.3 Å². The zero-order valence-corrected chi connectivity index (χ0v) is 9.43. The highest BCUT2D eigenvalue weighted by Crippen LogP contribution is 2.27. The van der Waals surface area contributed by atoms with Crippen molar-refractivity contribution in [2.45, 2.75) is 6.92 Å². The third-order valence-corrected chi connectivity index (χ3v) is 2.45. The van der Waals surface area contributed by atoms with Crippen LogP contribution >= 0.6 is 0 Å². The SMILES string of the molecule is COc1ccc(-c2ncoc2C)cc1C(=O)O. The second-order valence-corrected chi connectivity index (χ2v) is 3.48. The maximum atomic E-state index is 11.1. The fourth-order valence-electron chi connectivity index (χ4n) is 1.61. The molecule has 2 aromatic rings. The van der Waals surface area contributed by atoms with Crippen molar-refractivity contribution in [2.75, 3.05) is 7.11 Å². The Labute approximate surface area is 97.7 Å². The number of aryl methyl sites for hydroxylation is 1. The summed E-state index contributed by atoms with van der Waals surface area (Å²) in [6, 6.07) is 4.87. The number of rotatable bonds is 3. The summed E-state index contributed by atoms with van der Waals surface area (Å²) in [4.78, 5) is 15.1. The molecule has 1 aromatic carbocycles. The van der Waals surface area contributed by atoms with Crippen molar-refractivity contribution in [3.05, 3.63) is 35.9 Å². The molecular weight excluding hydrogens is 222 g/mol. The average Bonchev–Trinajstić information content (AvgIpc) is 2.74. The van der Waals surface area contributed by atoms with Crippen molar-refractivity contribution in [1.29, 1.82) is 0 Å². The quantitative estimate of drug-likeness (QED) is 0.880. The molecule has 5 nitrogen and oxygen atoms in total. The highest BCUT2D eigenvalue weighted by atomic mass is 16.5. The summed E-state index contributed by atoms with van der Waals surface area (Å²) in [7, 11) is 1.43. The maximum absolute atomic E-state index is 11.1. The molecule has 2 rings (SSSR count). The molecule has 0 fully saturated rings. The monoisotopic (exact) mass is 233 g/mol. The van der Waals surface area contributed by atoms with Crippen molar-refractivity contribution < 1.29 is 19.1 Å². The molecule has 17 heavy (non-hydrogen) atoms. The number of oxazole rings is 1. The first-order chi connectivity index (χ1) is 8.13. The number of ether oxygens (including phenoxy) is 1. The van der Waals surface area contributed by atoms with Crippen LogP contribution in [0.2, 0.25) is 0 Å². The van der Waals surface area contributed by atoms with E-state index in [-0.39, 0.29) is 5.56 Å². The molecule has 0 radical (unpaired) electrons. The second-order valence-electron chi connectivity index (χ2n) is 3.48. The zero-order chi connectivity index (χ0) is 12.4. The molecule has 1 N–H and O–H groups in total. The predicted octanol–water partition coefficient (Wildman–Crippen LogP) is 2.36. The summed E-state index contributed by atoms with van der Waals surface area (Å²) >= 11 is 0. The van der Waals surface area contributed by atoms with Gasteiger partial charge >= 0.3 is 5.97 Å². The lowest BCUT2D eigenvalue weighted by atomic mass is 10.1. The Bertz CT molecular complexity index is 559. The van der Waals surface area contributed by atoms with E-state index in [9.17, 15) is 4.79 Å². The van der Waals surface area contributed by atoms with E-state index in [0.717, 1.165) is 0 Å². The molecule has 0 saturated carbocycles. The van der Waals surface area contributed by atoms with Crippen LogP contribution in [0.5, 0.6) is 5.75 Å². The number of aromatic nitrogens is 1. The molecule has 0 saturated heterocycles. The molecule has 0 aliphatic rings. The number of methoxy groups -OCH3 is 1. The van der Waals surface area contributed by atoms with Gasteiger partial charge in [0.2, 0.25) is 0 Å². The van der Waals surface area contributed by atoms with Crippen LogP contribution in [-0.4, -0.2) is 23.2 Å². The molecule has 0 spiro atoms. The summed E-state index contributed by atoms with van der Waals surface area (Å²) in [6.45, 7) is 1.77. The van der Waals surface area contributed by atoms with E-state index in [4.69, 9.17) is 14.3 Å². The van der Waals surface area contributed by atoms with Crippen LogP contribution in [0.15, 0.2) is 29.0 Å². The minimum absolute atomic E-state index is 0.104. The molecule has 5 heteroatoms. The summed E-state index contributed by atoms with van der Waals surface area (Å²) in [6.07, 6.45) is 1.33. The standard InChI is InChI=1S/C12H11NO4/c1-7-11(13-6-17-7)8-3-4-10(16-2)9(5-8)12(14)15/h3-6H,1-2H3,(H,14,15). The first-order valence-electron chi connectivity index (χ1n) is 4.95. The smallest absolute Gasteiger partial charge is 0.339 e. The number of carbonyl (C=O) groups is 1. The lowest BCUT2D eigenvalue weighted by Crippen LogP contribution is -2.00. The minimum atomic E-state index is -1.04.